The van der Waals surface area contributed by atoms with Gasteiger partial charge in [0.2, 0.25) is 0 Å². The molecule has 5 rings (SSSR count). The number of carbonyl (C=O) groups excluding carboxylic acids is 1. The lowest BCUT2D eigenvalue weighted by Gasteiger charge is -2.33. The number of carbonyl (C=O) groups is 1. The third-order valence-corrected chi connectivity index (χ3v) is 6.66. The molecule has 2 N–H and O–H groups in total. The van der Waals surface area contributed by atoms with E-state index < -0.39 is 0 Å². The second kappa shape index (κ2) is 7.55. The Balaban J connectivity index is 1.46. The highest BCUT2D eigenvalue weighted by molar-refractivity contribution is 7.21. The molecule has 29 heavy (non-hydrogen) atoms. The highest BCUT2D eigenvalue weighted by Gasteiger charge is 2.29. The molecule has 2 aromatic carbocycles. The standard InChI is InChI=1S/C23H21N3O2S/c24-23(27)22-21(17-6-1-2-9-20(17)29-22)19-14-26(11-12-28-19)13-15-5-3-8-18-16(15)7-4-10-25-18/h1-10,19H,11-14H2,(H2,24,27)/t19-/m1/s1. The first-order chi connectivity index (χ1) is 14.2. The van der Waals surface area contributed by atoms with Crippen LogP contribution in [-0.2, 0) is 11.3 Å². The summed E-state index contributed by atoms with van der Waals surface area (Å²) in [6, 6.07) is 18.4. The van der Waals surface area contributed by atoms with Crippen molar-refractivity contribution < 1.29 is 9.53 Å². The normalized spacial score (nSPS) is 17.7. The van der Waals surface area contributed by atoms with Crippen molar-refractivity contribution in [3.63, 3.8) is 0 Å². The third-order valence-electron chi connectivity index (χ3n) is 5.46. The summed E-state index contributed by atoms with van der Waals surface area (Å²) in [5, 5.41) is 2.24. The highest BCUT2D eigenvalue weighted by Crippen LogP contribution is 2.38. The zero-order chi connectivity index (χ0) is 19.8. The van der Waals surface area contributed by atoms with Crippen molar-refractivity contribution in [2.24, 2.45) is 5.73 Å². The summed E-state index contributed by atoms with van der Waals surface area (Å²) in [5.74, 6) is -0.387. The predicted molar refractivity (Wildman–Crippen MR) is 116 cm³/mol. The maximum absolute atomic E-state index is 12.1. The number of benzene rings is 2. The van der Waals surface area contributed by atoms with E-state index in [1.54, 1.807) is 0 Å². The number of pyridine rings is 1. The van der Waals surface area contributed by atoms with Gasteiger partial charge in [-0.1, -0.05) is 36.4 Å². The lowest BCUT2D eigenvalue weighted by Crippen LogP contribution is -2.38. The molecule has 1 amide bonds. The van der Waals surface area contributed by atoms with Crippen LogP contribution in [0.1, 0.15) is 26.9 Å². The number of nitrogens with two attached hydrogens (primary N) is 1. The fraction of sp³-hybridized carbons (Fsp3) is 0.217. The van der Waals surface area contributed by atoms with Crippen molar-refractivity contribution in [2.75, 3.05) is 19.7 Å². The average molecular weight is 404 g/mol. The Morgan fingerprint density at radius 3 is 2.90 bits per heavy atom. The van der Waals surface area contributed by atoms with E-state index >= 15 is 0 Å². The van der Waals surface area contributed by atoms with E-state index in [0.29, 0.717) is 11.5 Å². The van der Waals surface area contributed by atoms with Crippen molar-refractivity contribution >= 4 is 38.2 Å². The SMILES string of the molecule is NC(=O)c1sc2ccccc2c1[C@H]1CN(Cc2cccc3ncccc23)CCO1. The average Bonchev–Trinajstić information content (AvgIpc) is 3.14. The van der Waals surface area contributed by atoms with Crippen molar-refractivity contribution in [1.82, 2.24) is 9.88 Å². The topological polar surface area (TPSA) is 68.5 Å². The summed E-state index contributed by atoms with van der Waals surface area (Å²) in [4.78, 5) is 19.6. The minimum atomic E-state index is -0.387. The van der Waals surface area contributed by atoms with Crippen LogP contribution in [0.4, 0.5) is 0 Å². The van der Waals surface area contributed by atoms with Gasteiger partial charge in [0.1, 0.15) is 0 Å². The largest absolute Gasteiger partial charge is 0.371 e. The quantitative estimate of drug-likeness (QED) is 0.556. The summed E-state index contributed by atoms with van der Waals surface area (Å²) in [6.07, 6.45) is 1.65. The number of fused-ring (bicyclic) bond motifs is 2. The second-order valence-corrected chi connectivity index (χ2v) is 8.34. The van der Waals surface area contributed by atoms with Crippen LogP contribution in [0.5, 0.6) is 0 Å². The van der Waals surface area contributed by atoms with Crippen LogP contribution in [0.2, 0.25) is 0 Å². The second-order valence-electron chi connectivity index (χ2n) is 7.29. The first-order valence-electron chi connectivity index (χ1n) is 9.68. The molecule has 0 unspecified atom stereocenters. The van der Waals surface area contributed by atoms with Gasteiger partial charge in [-0.3, -0.25) is 14.7 Å². The maximum Gasteiger partial charge on any atom is 0.259 e. The molecule has 1 saturated heterocycles. The Labute approximate surface area is 172 Å². The molecular weight excluding hydrogens is 382 g/mol. The lowest BCUT2D eigenvalue weighted by atomic mass is 10.0. The molecule has 4 aromatic rings. The summed E-state index contributed by atoms with van der Waals surface area (Å²) < 4.78 is 7.19. The van der Waals surface area contributed by atoms with E-state index in [1.165, 1.54) is 22.3 Å². The highest BCUT2D eigenvalue weighted by atomic mass is 32.1. The molecule has 2 aromatic heterocycles. The van der Waals surface area contributed by atoms with Crippen LogP contribution in [0.3, 0.4) is 0 Å². The number of hydrogen-bond acceptors (Lipinski definition) is 5. The van der Waals surface area contributed by atoms with E-state index in [4.69, 9.17) is 10.5 Å². The predicted octanol–water partition coefficient (Wildman–Crippen LogP) is 4.12. The van der Waals surface area contributed by atoms with Crippen LogP contribution in [0.25, 0.3) is 21.0 Å². The molecule has 1 fully saturated rings. The van der Waals surface area contributed by atoms with E-state index in [0.717, 1.165) is 40.8 Å². The number of thiophene rings is 1. The molecule has 1 aliphatic rings. The summed E-state index contributed by atoms with van der Waals surface area (Å²) in [7, 11) is 0. The maximum atomic E-state index is 12.1. The van der Waals surface area contributed by atoms with Gasteiger partial charge in [-0.25, -0.2) is 0 Å². The number of nitrogens with zero attached hydrogens (tertiary/aromatic N) is 2. The molecule has 0 bridgehead atoms. The minimum Gasteiger partial charge on any atom is -0.371 e. The monoisotopic (exact) mass is 403 g/mol. The first kappa shape index (κ1) is 18.2. The summed E-state index contributed by atoms with van der Waals surface area (Å²) >= 11 is 1.45. The van der Waals surface area contributed by atoms with Gasteiger partial charge in [0.05, 0.1) is 23.1 Å². The Kier molecular flexibility index (Phi) is 4.75. The van der Waals surface area contributed by atoms with Gasteiger partial charge in [0.25, 0.3) is 5.91 Å². The molecular formula is C23H21N3O2S. The lowest BCUT2D eigenvalue weighted by molar-refractivity contribution is -0.0321. The molecule has 146 valence electrons. The van der Waals surface area contributed by atoms with Gasteiger partial charge < -0.3 is 10.5 Å². The number of ether oxygens (including phenoxy) is 1. The fourth-order valence-electron chi connectivity index (χ4n) is 4.13. The van der Waals surface area contributed by atoms with E-state index in [9.17, 15) is 4.79 Å². The molecule has 3 heterocycles. The van der Waals surface area contributed by atoms with Gasteiger partial charge in [0, 0.05) is 41.5 Å². The first-order valence-corrected chi connectivity index (χ1v) is 10.5. The van der Waals surface area contributed by atoms with Crippen LogP contribution < -0.4 is 5.73 Å². The van der Waals surface area contributed by atoms with Gasteiger partial charge in [0.15, 0.2) is 0 Å². The van der Waals surface area contributed by atoms with Gasteiger partial charge in [-0.05, 0) is 29.1 Å². The number of rotatable bonds is 4. The molecule has 0 radical (unpaired) electrons. The molecule has 1 atom stereocenters. The molecule has 1 aliphatic heterocycles. The number of morpholine rings is 1. The van der Waals surface area contributed by atoms with Crippen LogP contribution >= 0.6 is 11.3 Å². The van der Waals surface area contributed by atoms with Gasteiger partial charge in [-0.2, -0.15) is 0 Å². The zero-order valence-electron chi connectivity index (χ0n) is 15.9. The molecule has 0 spiro atoms. The van der Waals surface area contributed by atoms with E-state index in [-0.39, 0.29) is 12.0 Å². The Morgan fingerprint density at radius 2 is 2.00 bits per heavy atom. The van der Waals surface area contributed by atoms with Crippen LogP contribution in [0.15, 0.2) is 60.8 Å². The smallest absolute Gasteiger partial charge is 0.259 e. The number of amides is 1. The fourth-order valence-corrected chi connectivity index (χ4v) is 5.24. The van der Waals surface area contributed by atoms with Crippen molar-refractivity contribution in [1.29, 1.82) is 0 Å². The zero-order valence-corrected chi connectivity index (χ0v) is 16.7. The van der Waals surface area contributed by atoms with E-state index in [2.05, 4.69) is 28.1 Å². The van der Waals surface area contributed by atoms with Gasteiger partial charge >= 0.3 is 0 Å². The minimum absolute atomic E-state index is 0.171. The Hall–Kier alpha value is -2.80. The van der Waals surface area contributed by atoms with Crippen molar-refractivity contribution in [3.8, 4) is 0 Å². The Morgan fingerprint density at radius 1 is 1.14 bits per heavy atom. The summed E-state index contributed by atoms with van der Waals surface area (Å²) in [5.41, 5.74) is 8.89. The molecule has 6 heteroatoms. The van der Waals surface area contributed by atoms with Gasteiger partial charge in [-0.15, -0.1) is 11.3 Å². The van der Waals surface area contributed by atoms with Crippen LogP contribution in [0, 0.1) is 0 Å². The van der Waals surface area contributed by atoms with Crippen molar-refractivity contribution in [3.05, 3.63) is 76.8 Å². The molecule has 0 aliphatic carbocycles. The van der Waals surface area contributed by atoms with Crippen LogP contribution in [-0.4, -0.2) is 35.5 Å². The number of primary amides is 1. The number of aromatic nitrogens is 1. The number of hydrogen-bond donors (Lipinski definition) is 1. The van der Waals surface area contributed by atoms with Crippen molar-refractivity contribution in [2.45, 2.75) is 12.6 Å². The third kappa shape index (κ3) is 3.40. The summed E-state index contributed by atoms with van der Waals surface area (Å²) in [6.45, 7) is 3.01. The van der Waals surface area contributed by atoms with E-state index in [1.807, 2.05) is 42.6 Å². The molecule has 5 nitrogen and oxygen atoms in total. The molecule has 0 saturated carbocycles. The Bertz CT molecular complexity index is 1200.